The number of pyridine rings is 1. The molecule has 12 heteroatoms. The molecule has 0 amide bonds. The van der Waals surface area contributed by atoms with Crippen LogP contribution in [-0.2, 0) is 6.18 Å². The van der Waals surface area contributed by atoms with Crippen molar-refractivity contribution in [3.8, 4) is 17.1 Å². The van der Waals surface area contributed by atoms with Crippen molar-refractivity contribution >= 4 is 29.2 Å². The third-order valence-electron chi connectivity index (χ3n) is 7.30. The second-order valence-electron chi connectivity index (χ2n) is 10.1. The van der Waals surface area contributed by atoms with Gasteiger partial charge < -0.3 is 19.5 Å². The number of carbonyl (C=O) groups is 1. The van der Waals surface area contributed by atoms with Crippen molar-refractivity contribution in [1.29, 1.82) is 0 Å². The van der Waals surface area contributed by atoms with Gasteiger partial charge in [-0.05, 0) is 66.5 Å². The first kappa shape index (κ1) is 27.6. The van der Waals surface area contributed by atoms with Gasteiger partial charge in [-0.25, -0.2) is 9.78 Å². The number of aliphatic hydroxyl groups is 1. The molecule has 0 bridgehead atoms. The topological polar surface area (TPSA) is 106 Å². The van der Waals surface area contributed by atoms with E-state index in [9.17, 15) is 28.2 Å². The van der Waals surface area contributed by atoms with Crippen molar-refractivity contribution in [2.24, 2.45) is 0 Å². The zero-order valence-corrected chi connectivity index (χ0v) is 22.5. The predicted octanol–water partition coefficient (Wildman–Crippen LogP) is 7.98. The third kappa shape index (κ3) is 5.39. The maximum atomic E-state index is 14.2. The minimum Gasteiger partial charge on any atom is -0.478 e. The molecule has 0 aliphatic heterocycles. The molecule has 0 spiro atoms. The van der Waals surface area contributed by atoms with Gasteiger partial charge in [-0.15, -0.1) is 0 Å². The van der Waals surface area contributed by atoms with Crippen molar-refractivity contribution in [1.82, 2.24) is 10.1 Å². The van der Waals surface area contributed by atoms with Gasteiger partial charge in [0.15, 0.2) is 5.69 Å². The zero-order valence-electron chi connectivity index (χ0n) is 21.0. The highest BCUT2D eigenvalue weighted by atomic mass is 35.5. The average Bonchev–Trinajstić information content (AvgIpc) is 3.86. The number of alkyl halides is 3. The molecule has 2 saturated carbocycles. The standard InChI is InChI=1S/C29H21Cl2F3N2O5/c30-19-5-2-6-20(31)22(19)24-23(25(41-36-24)13-7-8-13)28(39)40-21-10-9-16(26(35-21)29(32,33)34)18-12-17(18)14-3-1-4-15(11-14)27(37)38/h1-6,9-11,13,17-18,28,39H,7-8,12H2,(H,37,38). The smallest absolute Gasteiger partial charge is 0.433 e. The minimum absolute atomic E-state index is 0.0294. The van der Waals surface area contributed by atoms with E-state index < -0.39 is 35.9 Å². The molecule has 2 fully saturated rings. The van der Waals surface area contributed by atoms with Crippen LogP contribution in [0.2, 0.25) is 10.0 Å². The van der Waals surface area contributed by atoms with Crippen LogP contribution < -0.4 is 4.74 Å². The molecule has 4 aromatic rings. The van der Waals surface area contributed by atoms with Crippen LogP contribution in [0.5, 0.6) is 5.88 Å². The SMILES string of the molecule is O=C(O)c1cccc(C2CC2c2ccc(OC(O)c3c(-c4c(Cl)cccc4Cl)noc3C3CC3)nc2C(F)(F)F)c1. The highest BCUT2D eigenvalue weighted by molar-refractivity contribution is 6.39. The Morgan fingerprint density at radius 3 is 2.41 bits per heavy atom. The maximum Gasteiger partial charge on any atom is 0.433 e. The second-order valence-corrected chi connectivity index (χ2v) is 10.9. The van der Waals surface area contributed by atoms with Gasteiger partial charge in [-0.2, -0.15) is 13.2 Å². The molecule has 6 rings (SSSR count). The lowest BCUT2D eigenvalue weighted by Gasteiger charge is -2.17. The Morgan fingerprint density at radius 2 is 1.76 bits per heavy atom. The van der Waals surface area contributed by atoms with E-state index in [2.05, 4.69) is 10.1 Å². The van der Waals surface area contributed by atoms with E-state index >= 15 is 0 Å². The first-order valence-corrected chi connectivity index (χ1v) is 13.5. The second kappa shape index (κ2) is 10.3. The molecule has 2 aliphatic rings. The Balaban J connectivity index is 1.31. The van der Waals surface area contributed by atoms with Gasteiger partial charge in [-0.3, -0.25) is 0 Å². The zero-order chi connectivity index (χ0) is 29.1. The van der Waals surface area contributed by atoms with Crippen LogP contribution >= 0.6 is 23.2 Å². The number of hydrogen-bond donors (Lipinski definition) is 2. The fourth-order valence-electron chi connectivity index (χ4n) is 5.12. The van der Waals surface area contributed by atoms with E-state index in [0.717, 1.165) is 12.8 Å². The van der Waals surface area contributed by atoms with Crippen molar-refractivity contribution in [2.75, 3.05) is 0 Å². The number of benzene rings is 2. The Morgan fingerprint density at radius 1 is 1.05 bits per heavy atom. The summed E-state index contributed by atoms with van der Waals surface area (Å²) in [7, 11) is 0. The van der Waals surface area contributed by atoms with E-state index in [1.54, 1.807) is 30.3 Å². The quantitative estimate of drug-likeness (QED) is 0.196. The normalized spacial score (nSPS) is 19.2. The number of ether oxygens (including phenoxy) is 1. The molecular weight excluding hydrogens is 584 g/mol. The van der Waals surface area contributed by atoms with E-state index in [1.807, 2.05) is 0 Å². The van der Waals surface area contributed by atoms with Gasteiger partial charge in [0, 0.05) is 17.5 Å². The third-order valence-corrected chi connectivity index (χ3v) is 7.93. The van der Waals surface area contributed by atoms with Gasteiger partial charge in [0.05, 0.1) is 21.2 Å². The largest absolute Gasteiger partial charge is 0.478 e. The lowest BCUT2D eigenvalue weighted by atomic mass is 10.0. The summed E-state index contributed by atoms with van der Waals surface area (Å²) in [5, 5.41) is 24.9. The van der Waals surface area contributed by atoms with Crippen LogP contribution in [0.25, 0.3) is 11.3 Å². The van der Waals surface area contributed by atoms with E-state index in [1.165, 1.54) is 24.3 Å². The maximum absolute atomic E-state index is 14.2. The number of aliphatic hydroxyl groups excluding tert-OH is 1. The highest BCUT2D eigenvalue weighted by Gasteiger charge is 2.46. The lowest BCUT2D eigenvalue weighted by Crippen LogP contribution is -2.15. The number of carboxylic acid groups (broad SMARTS) is 1. The average molecular weight is 605 g/mol. The van der Waals surface area contributed by atoms with Crippen LogP contribution in [0.3, 0.4) is 0 Å². The van der Waals surface area contributed by atoms with E-state index in [-0.39, 0.29) is 44.3 Å². The fraction of sp³-hybridized carbons (Fsp3) is 0.276. The number of hydrogen-bond acceptors (Lipinski definition) is 6. The Hall–Kier alpha value is -3.60. The number of nitrogens with zero attached hydrogens (tertiary/aromatic N) is 2. The monoisotopic (exact) mass is 604 g/mol. The van der Waals surface area contributed by atoms with Crippen LogP contribution in [0.15, 0.2) is 59.1 Å². The van der Waals surface area contributed by atoms with E-state index in [0.29, 0.717) is 23.3 Å². The number of halogens is 5. The molecule has 2 N–H and O–H groups in total. The van der Waals surface area contributed by atoms with Crippen molar-refractivity contribution in [3.05, 3.63) is 98.4 Å². The number of aromatic nitrogens is 2. The van der Waals surface area contributed by atoms with Crippen molar-refractivity contribution < 1.29 is 37.4 Å². The number of rotatable bonds is 8. The summed E-state index contributed by atoms with van der Waals surface area (Å²) in [5.41, 5.74) is 0.106. The summed E-state index contributed by atoms with van der Waals surface area (Å²) in [4.78, 5) is 15.1. The number of carboxylic acids is 1. The summed E-state index contributed by atoms with van der Waals surface area (Å²) >= 11 is 12.7. The van der Waals surface area contributed by atoms with Gasteiger partial charge in [0.2, 0.25) is 12.2 Å². The van der Waals surface area contributed by atoms with Crippen LogP contribution in [0.4, 0.5) is 13.2 Å². The van der Waals surface area contributed by atoms with Crippen LogP contribution in [0, 0.1) is 0 Å². The van der Waals surface area contributed by atoms with Gasteiger partial charge in [-0.1, -0.05) is 52.6 Å². The molecule has 3 atom stereocenters. The highest BCUT2D eigenvalue weighted by Crippen LogP contribution is 2.57. The first-order valence-electron chi connectivity index (χ1n) is 12.7. The fourth-order valence-corrected chi connectivity index (χ4v) is 5.70. The molecule has 7 nitrogen and oxygen atoms in total. The summed E-state index contributed by atoms with van der Waals surface area (Å²) in [6.45, 7) is 0. The lowest BCUT2D eigenvalue weighted by molar-refractivity contribution is -0.142. The summed E-state index contributed by atoms with van der Waals surface area (Å²) in [5.74, 6) is -2.03. The minimum atomic E-state index is -4.80. The van der Waals surface area contributed by atoms with Crippen LogP contribution in [0.1, 0.15) is 81.8 Å². The van der Waals surface area contributed by atoms with Crippen molar-refractivity contribution in [2.45, 2.75) is 49.5 Å². The van der Waals surface area contributed by atoms with E-state index in [4.69, 9.17) is 32.5 Å². The van der Waals surface area contributed by atoms with Gasteiger partial charge in [0.25, 0.3) is 0 Å². The van der Waals surface area contributed by atoms with Gasteiger partial charge in [0.1, 0.15) is 11.5 Å². The summed E-state index contributed by atoms with van der Waals surface area (Å²) < 4.78 is 53.6. The Labute approximate surface area is 241 Å². The molecule has 0 radical (unpaired) electrons. The molecule has 3 unspecified atom stereocenters. The van der Waals surface area contributed by atoms with Gasteiger partial charge >= 0.3 is 12.1 Å². The summed E-state index contributed by atoms with van der Waals surface area (Å²) in [6, 6.07) is 13.5. The Bertz CT molecular complexity index is 1630. The predicted molar refractivity (Wildman–Crippen MR) is 142 cm³/mol. The van der Waals surface area contributed by atoms with Crippen LogP contribution in [-0.4, -0.2) is 26.3 Å². The molecule has 2 aromatic carbocycles. The molecular formula is C29H21Cl2F3N2O5. The summed E-state index contributed by atoms with van der Waals surface area (Å²) in [6.07, 6.45) is -4.60. The number of aromatic carboxylic acids is 1. The molecule has 212 valence electrons. The molecule has 0 saturated heterocycles. The Kier molecular flexibility index (Phi) is 6.96. The van der Waals surface area contributed by atoms with Crippen molar-refractivity contribution in [3.63, 3.8) is 0 Å². The molecule has 41 heavy (non-hydrogen) atoms. The molecule has 2 aromatic heterocycles. The molecule has 2 heterocycles. The first-order chi connectivity index (χ1) is 19.5. The molecule has 2 aliphatic carbocycles.